The van der Waals surface area contributed by atoms with Gasteiger partial charge in [0, 0.05) is 0 Å². The Kier molecular flexibility index (Phi) is 4.17. The third-order valence-corrected chi connectivity index (χ3v) is 3.59. The Morgan fingerprint density at radius 1 is 1.41 bits per heavy atom. The highest BCUT2D eigenvalue weighted by atomic mass is 16.3. The first-order valence-electron chi connectivity index (χ1n) is 5.98. The van der Waals surface area contributed by atoms with E-state index >= 15 is 0 Å². The number of aromatic hydroxyl groups is 1. The van der Waals surface area contributed by atoms with Crippen LogP contribution in [0.15, 0.2) is 24.8 Å². The summed E-state index contributed by atoms with van der Waals surface area (Å²) >= 11 is 0. The average molecular weight is 230 g/mol. The summed E-state index contributed by atoms with van der Waals surface area (Å²) in [6, 6.07) is 1.78. The van der Waals surface area contributed by atoms with Gasteiger partial charge in [0.1, 0.15) is 5.75 Å². The van der Waals surface area contributed by atoms with E-state index in [0.29, 0.717) is 11.7 Å². The molecule has 1 nitrogen and oxygen atoms in total. The van der Waals surface area contributed by atoms with E-state index in [-0.39, 0.29) is 0 Å². The van der Waals surface area contributed by atoms with Crippen molar-refractivity contribution in [2.45, 2.75) is 34.1 Å². The van der Waals surface area contributed by atoms with Gasteiger partial charge >= 0.3 is 0 Å². The van der Waals surface area contributed by atoms with Crippen LogP contribution in [0.3, 0.4) is 0 Å². The second kappa shape index (κ2) is 5.22. The van der Waals surface area contributed by atoms with Gasteiger partial charge in [0.25, 0.3) is 0 Å². The molecule has 0 aliphatic carbocycles. The Hall–Kier alpha value is -1.50. The van der Waals surface area contributed by atoms with Crippen molar-refractivity contribution in [2.24, 2.45) is 5.92 Å². The fraction of sp³-hybridized carbons (Fsp3) is 0.375. The second-order valence-electron chi connectivity index (χ2n) is 4.87. The SMILES string of the molecule is C=Cc1cc(O)c(C)c(CC(C)C(=C)C)c1C. The van der Waals surface area contributed by atoms with Crippen molar-refractivity contribution in [1.29, 1.82) is 0 Å². The van der Waals surface area contributed by atoms with Crippen LogP contribution in [0.1, 0.15) is 36.1 Å². The summed E-state index contributed by atoms with van der Waals surface area (Å²) in [5.74, 6) is 0.779. The van der Waals surface area contributed by atoms with Crippen LogP contribution >= 0.6 is 0 Å². The summed E-state index contributed by atoms with van der Waals surface area (Å²) in [6.45, 7) is 16.1. The lowest BCUT2D eigenvalue weighted by Gasteiger charge is -2.18. The van der Waals surface area contributed by atoms with E-state index in [1.165, 1.54) is 16.7 Å². The molecule has 0 radical (unpaired) electrons. The summed E-state index contributed by atoms with van der Waals surface area (Å²) in [4.78, 5) is 0. The fourth-order valence-corrected chi connectivity index (χ4v) is 1.97. The molecule has 1 rings (SSSR count). The minimum absolute atomic E-state index is 0.356. The van der Waals surface area contributed by atoms with Gasteiger partial charge in [-0.1, -0.05) is 31.7 Å². The molecule has 0 bridgehead atoms. The van der Waals surface area contributed by atoms with E-state index in [1.807, 2.05) is 13.8 Å². The molecule has 92 valence electrons. The molecular weight excluding hydrogens is 208 g/mol. The lowest BCUT2D eigenvalue weighted by atomic mass is 9.88. The van der Waals surface area contributed by atoms with Gasteiger partial charge in [-0.25, -0.2) is 0 Å². The molecule has 0 fully saturated rings. The van der Waals surface area contributed by atoms with Crippen molar-refractivity contribution >= 4 is 6.08 Å². The van der Waals surface area contributed by atoms with Crippen LogP contribution in [0.5, 0.6) is 5.75 Å². The van der Waals surface area contributed by atoms with Gasteiger partial charge in [0.05, 0.1) is 0 Å². The maximum Gasteiger partial charge on any atom is 0.119 e. The minimum Gasteiger partial charge on any atom is -0.508 e. The number of hydrogen-bond acceptors (Lipinski definition) is 1. The van der Waals surface area contributed by atoms with Crippen LogP contribution in [0.2, 0.25) is 0 Å². The van der Waals surface area contributed by atoms with Crippen molar-refractivity contribution in [3.8, 4) is 5.75 Å². The first-order valence-corrected chi connectivity index (χ1v) is 5.98. The van der Waals surface area contributed by atoms with Crippen molar-refractivity contribution in [3.63, 3.8) is 0 Å². The van der Waals surface area contributed by atoms with Gasteiger partial charge in [-0.3, -0.25) is 0 Å². The average Bonchev–Trinajstić information content (AvgIpc) is 2.28. The lowest BCUT2D eigenvalue weighted by Crippen LogP contribution is -2.05. The number of benzene rings is 1. The zero-order valence-electron chi connectivity index (χ0n) is 11.3. The molecule has 0 aliphatic heterocycles. The fourth-order valence-electron chi connectivity index (χ4n) is 1.97. The van der Waals surface area contributed by atoms with E-state index in [0.717, 1.165) is 17.5 Å². The smallest absolute Gasteiger partial charge is 0.119 e. The topological polar surface area (TPSA) is 20.2 Å². The van der Waals surface area contributed by atoms with E-state index in [4.69, 9.17) is 0 Å². The molecule has 17 heavy (non-hydrogen) atoms. The maximum atomic E-state index is 9.92. The molecule has 0 amide bonds. The molecule has 0 saturated carbocycles. The van der Waals surface area contributed by atoms with Gasteiger partial charge in [-0.05, 0) is 61.4 Å². The summed E-state index contributed by atoms with van der Waals surface area (Å²) in [5, 5.41) is 9.92. The highest BCUT2D eigenvalue weighted by Gasteiger charge is 2.13. The number of phenolic OH excluding ortho intramolecular Hbond substituents is 1. The predicted octanol–water partition coefficient (Wildman–Crippen LogP) is 4.41. The molecule has 0 aromatic heterocycles. The van der Waals surface area contributed by atoms with Crippen LogP contribution in [0, 0.1) is 19.8 Å². The Morgan fingerprint density at radius 2 is 2.00 bits per heavy atom. The maximum absolute atomic E-state index is 9.92. The van der Waals surface area contributed by atoms with Crippen molar-refractivity contribution in [1.82, 2.24) is 0 Å². The third kappa shape index (κ3) is 2.79. The molecule has 1 aromatic carbocycles. The largest absolute Gasteiger partial charge is 0.508 e. The quantitative estimate of drug-likeness (QED) is 0.760. The molecule has 1 heteroatoms. The highest BCUT2D eigenvalue weighted by Crippen LogP contribution is 2.30. The summed E-state index contributed by atoms with van der Waals surface area (Å²) in [6.07, 6.45) is 2.71. The van der Waals surface area contributed by atoms with E-state index in [2.05, 4.69) is 27.0 Å². The summed E-state index contributed by atoms with van der Waals surface area (Å²) in [5.41, 5.74) is 5.59. The molecule has 0 spiro atoms. The zero-order valence-corrected chi connectivity index (χ0v) is 11.3. The first kappa shape index (κ1) is 13.6. The lowest BCUT2D eigenvalue weighted by molar-refractivity contribution is 0.469. The number of allylic oxidation sites excluding steroid dienone is 1. The van der Waals surface area contributed by atoms with Crippen LogP contribution in [0.4, 0.5) is 0 Å². The van der Waals surface area contributed by atoms with E-state index in [9.17, 15) is 5.11 Å². The van der Waals surface area contributed by atoms with Gasteiger partial charge in [0.2, 0.25) is 0 Å². The van der Waals surface area contributed by atoms with Gasteiger partial charge in [-0.2, -0.15) is 0 Å². The molecule has 0 saturated heterocycles. The summed E-state index contributed by atoms with van der Waals surface area (Å²) in [7, 11) is 0. The van der Waals surface area contributed by atoms with Crippen LogP contribution < -0.4 is 0 Å². The van der Waals surface area contributed by atoms with Gasteiger partial charge in [0.15, 0.2) is 0 Å². The Bertz CT molecular complexity index is 455. The third-order valence-electron chi connectivity index (χ3n) is 3.59. The molecule has 1 aromatic rings. The molecule has 1 unspecified atom stereocenters. The van der Waals surface area contributed by atoms with Crippen LogP contribution in [-0.2, 0) is 6.42 Å². The standard InChI is InChI=1S/C16H22O/c1-7-14-9-16(17)13(6)15(12(14)5)8-11(4)10(2)3/h7,9,11,17H,1-2,8H2,3-6H3. The molecule has 1 atom stereocenters. The normalized spacial score (nSPS) is 12.2. The Labute approximate surface area is 104 Å². The van der Waals surface area contributed by atoms with Crippen molar-refractivity contribution in [2.75, 3.05) is 0 Å². The van der Waals surface area contributed by atoms with E-state index in [1.54, 1.807) is 12.1 Å². The Morgan fingerprint density at radius 3 is 2.47 bits per heavy atom. The van der Waals surface area contributed by atoms with Crippen LogP contribution in [-0.4, -0.2) is 5.11 Å². The number of rotatable bonds is 4. The van der Waals surface area contributed by atoms with Gasteiger partial charge < -0.3 is 5.11 Å². The zero-order chi connectivity index (χ0) is 13.2. The monoisotopic (exact) mass is 230 g/mol. The molecular formula is C16H22O. The van der Waals surface area contributed by atoms with Crippen molar-refractivity contribution < 1.29 is 5.11 Å². The first-order chi connectivity index (χ1) is 7.88. The minimum atomic E-state index is 0.356. The van der Waals surface area contributed by atoms with Crippen molar-refractivity contribution in [3.05, 3.63) is 47.1 Å². The highest BCUT2D eigenvalue weighted by molar-refractivity contribution is 5.60. The van der Waals surface area contributed by atoms with Crippen LogP contribution in [0.25, 0.3) is 6.08 Å². The van der Waals surface area contributed by atoms with Gasteiger partial charge in [-0.15, -0.1) is 0 Å². The molecule has 0 heterocycles. The van der Waals surface area contributed by atoms with E-state index < -0.39 is 0 Å². The number of hydrogen-bond donors (Lipinski definition) is 1. The summed E-state index contributed by atoms with van der Waals surface area (Å²) < 4.78 is 0. The number of phenols is 1. The Balaban J connectivity index is 3.26. The predicted molar refractivity (Wildman–Crippen MR) is 75.4 cm³/mol. The molecule has 0 aliphatic rings. The second-order valence-corrected chi connectivity index (χ2v) is 4.87. The molecule has 1 N–H and O–H groups in total.